The van der Waals surface area contributed by atoms with Gasteiger partial charge >= 0.3 is 0 Å². The average Bonchev–Trinajstić information content (AvgIpc) is 2.67. The highest BCUT2D eigenvalue weighted by molar-refractivity contribution is 9.10. The lowest BCUT2D eigenvalue weighted by atomic mass is 9.85. The Kier molecular flexibility index (Phi) is 3.05. The van der Waals surface area contributed by atoms with E-state index in [1.807, 2.05) is 37.3 Å². The van der Waals surface area contributed by atoms with Crippen molar-refractivity contribution in [2.45, 2.75) is 19.8 Å². The number of carbonyl (C=O) groups excluding carboxylic acids is 2. The van der Waals surface area contributed by atoms with Crippen LogP contribution in [0, 0.1) is 18.8 Å². The molecule has 0 bridgehead atoms. The molecule has 0 saturated carbocycles. The third-order valence-corrected chi connectivity index (χ3v) is 4.95. The van der Waals surface area contributed by atoms with E-state index in [1.54, 1.807) is 0 Å². The van der Waals surface area contributed by atoms with E-state index in [0.717, 1.165) is 10.0 Å². The van der Waals surface area contributed by atoms with Gasteiger partial charge in [-0.25, -0.2) is 4.90 Å². The zero-order valence-corrected chi connectivity index (χ0v) is 12.2. The maximum Gasteiger partial charge on any atom is 0.238 e. The fraction of sp³-hybridized carbons (Fsp3) is 0.333. The summed E-state index contributed by atoms with van der Waals surface area (Å²) in [5.41, 5.74) is 1.69. The molecule has 2 amide bonds. The lowest BCUT2D eigenvalue weighted by Gasteiger charge is -2.17. The van der Waals surface area contributed by atoms with Crippen LogP contribution in [0.5, 0.6) is 0 Å². The molecule has 1 aromatic carbocycles. The normalized spacial score (nSPS) is 25.9. The van der Waals surface area contributed by atoms with Gasteiger partial charge in [-0.2, -0.15) is 0 Å². The molecule has 2 unspecified atom stereocenters. The summed E-state index contributed by atoms with van der Waals surface area (Å²) in [6.45, 7) is 1.95. The first kappa shape index (κ1) is 12.6. The molecule has 98 valence electrons. The van der Waals surface area contributed by atoms with Crippen molar-refractivity contribution in [1.82, 2.24) is 0 Å². The Morgan fingerprint density at radius 2 is 1.68 bits per heavy atom. The van der Waals surface area contributed by atoms with Crippen molar-refractivity contribution in [2.75, 3.05) is 4.90 Å². The number of benzene rings is 1. The van der Waals surface area contributed by atoms with Crippen LogP contribution < -0.4 is 4.90 Å². The number of carbonyl (C=O) groups is 2. The smallest absolute Gasteiger partial charge is 0.238 e. The van der Waals surface area contributed by atoms with Gasteiger partial charge in [0.05, 0.1) is 17.5 Å². The SMILES string of the molecule is Cc1cccc(N2C(=O)C3CC=CCC3C2=O)c1Br. The van der Waals surface area contributed by atoms with Gasteiger partial charge in [-0.1, -0.05) is 24.3 Å². The number of allylic oxidation sites excluding steroid dienone is 2. The Morgan fingerprint density at radius 1 is 1.11 bits per heavy atom. The molecule has 1 heterocycles. The summed E-state index contributed by atoms with van der Waals surface area (Å²) >= 11 is 3.48. The topological polar surface area (TPSA) is 37.4 Å². The van der Waals surface area contributed by atoms with Crippen LogP contribution in [0.15, 0.2) is 34.8 Å². The molecule has 4 heteroatoms. The minimum atomic E-state index is -0.176. The minimum Gasteiger partial charge on any atom is -0.274 e. The summed E-state index contributed by atoms with van der Waals surface area (Å²) in [6.07, 6.45) is 5.35. The van der Waals surface area contributed by atoms with E-state index in [9.17, 15) is 9.59 Å². The Labute approximate surface area is 120 Å². The molecule has 0 N–H and O–H groups in total. The van der Waals surface area contributed by atoms with Crippen LogP contribution >= 0.6 is 15.9 Å². The van der Waals surface area contributed by atoms with Crippen molar-refractivity contribution in [3.63, 3.8) is 0 Å². The van der Waals surface area contributed by atoms with Crippen molar-refractivity contribution in [3.8, 4) is 0 Å². The highest BCUT2D eigenvalue weighted by Crippen LogP contribution is 2.40. The second-order valence-electron chi connectivity index (χ2n) is 5.08. The molecule has 0 radical (unpaired) electrons. The first-order chi connectivity index (χ1) is 9.11. The molecule has 19 heavy (non-hydrogen) atoms. The van der Waals surface area contributed by atoms with Crippen LogP contribution in [-0.2, 0) is 9.59 Å². The summed E-state index contributed by atoms with van der Waals surface area (Å²) in [5.74, 6) is -0.480. The maximum absolute atomic E-state index is 12.5. The lowest BCUT2D eigenvalue weighted by molar-refractivity contribution is -0.122. The second-order valence-corrected chi connectivity index (χ2v) is 5.87. The monoisotopic (exact) mass is 319 g/mol. The van der Waals surface area contributed by atoms with Gasteiger partial charge in [-0.3, -0.25) is 9.59 Å². The third-order valence-electron chi connectivity index (χ3n) is 3.92. The zero-order valence-electron chi connectivity index (χ0n) is 10.6. The van der Waals surface area contributed by atoms with E-state index < -0.39 is 0 Å². The fourth-order valence-electron chi connectivity index (χ4n) is 2.84. The number of imide groups is 1. The zero-order chi connectivity index (χ0) is 13.6. The number of anilines is 1. The third kappa shape index (κ3) is 1.86. The van der Waals surface area contributed by atoms with Crippen LogP contribution in [-0.4, -0.2) is 11.8 Å². The van der Waals surface area contributed by atoms with E-state index in [0.29, 0.717) is 18.5 Å². The summed E-state index contributed by atoms with van der Waals surface area (Å²) in [7, 11) is 0. The van der Waals surface area contributed by atoms with E-state index in [-0.39, 0.29) is 23.7 Å². The summed E-state index contributed by atoms with van der Waals surface area (Å²) in [6, 6.07) is 5.64. The van der Waals surface area contributed by atoms with Crippen molar-refractivity contribution in [1.29, 1.82) is 0 Å². The standard InChI is InChI=1S/C15H14BrNO2/c1-9-5-4-8-12(13(9)16)17-14(18)10-6-2-3-7-11(10)15(17)19/h2-5,8,10-11H,6-7H2,1H3. The van der Waals surface area contributed by atoms with Crippen LogP contribution in [0.1, 0.15) is 18.4 Å². The average molecular weight is 320 g/mol. The van der Waals surface area contributed by atoms with Gasteiger partial charge in [0.2, 0.25) is 11.8 Å². The number of fused-ring (bicyclic) bond motifs is 1. The molecule has 3 rings (SSSR count). The van der Waals surface area contributed by atoms with Gasteiger partial charge in [-0.15, -0.1) is 0 Å². The molecule has 3 nitrogen and oxygen atoms in total. The summed E-state index contributed by atoms with van der Waals surface area (Å²) in [4.78, 5) is 26.3. The quantitative estimate of drug-likeness (QED) is 0.588. The number of amides is 2. The Balaban J connectivity index is 2.04. The maximum atomic E-state index is 12.5. The molecular formula is C15H14BrNO2. The number of halogens is 1. The van der Waals surface area contributed by atoms with Gasteiger partial charge in [0.15, 0.2) is 0 Å². The van der Waals surface area contributed by atoms with Crippen molar-refractivity contribution in [2.24, 2.45) is 11.8 Å². The summed E-state index contributed by atoms with van der Waals surface area (Å²) in [5, 5.41) is 0. The Hall–Kier alpha value is -1.42. The highest BCUT2D eigenvalue weighted by atomic mass is 79.9. The molecule has 1 aliphatic heterocycles. The molecule has 0 spiro atoms. The van der Waals surface area contributed by atoms with E-state index in [2.05, 4.69) is 15.9 Å². The number of hydrogen-bond donors (Lipinski definition) is 0. The molecular weight excluding hydrogens is 306 g/mol. The first-order valence-electron chi connectivity index (χ1n) is 6.39. The van der Waals surface area contributed by atoms with E-state index in [1.165, 1.54) is 4.90 Å². The highest BCUT2D eigenvalue weighted by Gasteiger charge is 2.48. The molecule has 2 aliphatic rings. The largest absolute Gasteiger partial charge is 0.274 e. The Bertz CT molecular complexity index is 568. The molecule has 1 aliphatic carbocycles. The number of hydrogen-bond acceptors (Lipinski definition) is 2. The number of nitrogens with zero attached hydrogens (tertiary/aromatic N) is 1. The Morgan fingerprint density at radius 3 is 2.26 bits per heavy atom. The number of aryl methyl sites for hydroxylation is 1. The van der Waals surface area contributed by atoms with Gasteiger partial charge < -0.3 is 0 Å². The predicted molar refractivity (Wildman–Crippen MR) is 76.7 cm³/mol. The first-order valence-corrected chi connectivity index (χ1v) is 7.18. The lowest BCUT2D eigenvalue weighted by Crippen LogP contribution is -2.31. The fourth-order valence-corrected chi connectivity index (χ4v) is 3.28. The van der Waals surface area contributed by atoms with Gasteiger partial charge in [0.1, 0.15) is 0 Å². The molecule has 1 fully saturated rings. The second kappa shape index (κ2) is 4.60. The predicted octanol–water partition coefficient (Wildman–Crippen LogP) is 3.21. The van der Waals surface area contributed by atoms with Gasteiger partial charge in [0, 0.05) is 4.47 Å². The van der Waals surface area contributed by atoms with Crippen molar-refractivity contribution in [3.05, 3.63) is 40.4 Å². The van der Waals surface area contributed by atoms with Crippen LogP contribution in [0.3, 0.4) is 0 Å². The van der Waals surface area contributed by atoms with Crippen LogP contribution in [0.25, 0.3) is 0 Å². The van der Waals surface area contributed by atoms with Crippen molar-refractivity contribution >= 4 is 33.4 Å². The van der Waals surface area contributed by atoms with Gasteiger partial charge in [0.25, 0.3) is 0 Å². The van der Waals surface area contributed by atoms with Crippen LogP contribution in [0.4, 0.5) is 5.69 Å². The van der Waals surface area contributed by atoms with Gasteiger partial charge in [-0.05, 0) is 47.3 Å². The molecule has 1 aromatic rings. The number of rotatable bonds is 1. The molecule has 0 aromatic heterocycles. The molecule has 2 atom stereocenters. The van der Waals surface area contributed by atoms with Crippen molar-refractivity contribution < 1.29 is 9.59 Å². The van der Waals surface area contributed by atoms with E-state index >= 15 is 0 Å². The molecule has 1 saturated heterocycles. The van der Waals surface area contributed by atoms with E-state index in [4.69, 9.17) is 0 Å². The minimum absolute atomic E-state index is 0.0642. The summed E-state index contributed by atoms with van der Waals surface area (Å²) < 4.78 is 0.823. The van der Waals surface area contributed by atoms with Crippen LogP contribution in [0.2, 0.25) is 0 Å².